The van der Waals surface area contributed by atoms with Gasteiger partial charge in [-0.1, -0.05) is 12.1 Å². The predicted molar refractivity (Wildman–Crippen MR) is 52.6 cm³/mol. The Labute approximate surface area is 81.8 Å². The molecule has 74 valence electrons. The van der Waals surface area contributed by atoms with Crippen molar-refractivity contribution in [2.75, 3.05) is 11.4 Å². The number of carbonyl (C=O) groups excluding carboxylic acids is 1. The lowest BCUT2D eigenvalue weighted by molar-refractivity contribution is -0.106. The number of carbonyl (C=O) groups is 2. The van der Waals surface area contributed by atoms with Crippen LogP contribution in [0.5, 0.6) is 0 Å². The molecule has 1 amide bonds. The fourth-order valence-corrected chi connectivity index (χ4v) is 1.16. The number of aryl methyl sites for hydroxylation is 1. The lowest BCUT2D eigenvalue weighted by Crippen LogP contribution is -2.30. The van der Waals surface area contributed by atoms with Crippen LogP contribution in [0.1, 0.15) is 5.56 Å². The molecule has 1 aromatic carbocycles. The average molecular weight is 193 g/mol. The Morgan fingerprint density at radius 1 is 1.57 bits per heavy atom. The van der Waals surface area contributed by atoms with E-state index >= 15 is 0 Å². The lowest BCUT2D eigenvalue weighted by atomic mass is 10.2. The Bertz CT molecular complexity index is 349. The molecule has 0 aliphatic rings. The van der Waals surface area contributed by atoms with Crippen LogP contribution in [0, 0.1) is 6.92 Å². The van der Waals surface area contributed by atoms with Crippen molar-refractivity contribution in [3.63, 3.8) is 0 Å². The van der Waals surface area contributed by atoms with Gasteiger partial charge in [0.15, 0.2) is 0 Å². The molecule has 1 N–H and O–H groups in total. The molecule has 0 atom stereocenters. The highest BCUT2D eigenvalue weighted by Crippen LogP contribution is 2.15. The molecule has 0 saturated carbocycles. The van der Waals surface area contributed by atoms with E-state index in [0.717, 1.165) is 10.5 Å². The number of hydrogen-bond donors (Lipinski definition) is 1. The first kappa shape index (κ1) is 10.2. The van der Waals surface area contributed by atoms with Crippen molar-refractivity contribution in [2.45, 2.75) is 6.92 Å². The summed E-state index contributed by atoms with van der Waals surface area (Å²) in [5, 5.41) is 8.82. The van der Waals surface area contributed by atoms with E-state index in [1.165, 1.54) is 0 Å². The number of hydrogen-bond acceptors (Lipinski definition) is 2. The smallest absolute Gasteiger partial charge is 0.412 e. The zero-order valence-corrected chi connectivity index (χ0v) is 7.80. The Morgan fingerprint density at radius 3 is 2.79 bits per heavy atom. The standard InChI is InChI=1S/C10H11NO3/c1-8-3-2-4-9(7-8)11(5-6-12)10(13)14/h2-4,6-7H,5H2,1H3,(H,13,14). The molecule has 0 spiro atoms. The number of nitrogens with zero attached hydrogens (tertiary/aromatic N) is 1. The maximum absolute atomic E-state index is 10.8. The molecular formula is C10H11NO3. The van der Waals surface area contributed by atoms with E-state index in [9.17, 15) is 9.59 Å². The molecule has 0 unspecified atom stereocenters. The molecule has 4 nitrogen and oxygen atoms in total. The zero-order chi connectivity index (χ0) is 10.6. The van der Waals surface area contributed by atoms with E-state index in [-0.39, 0.29) is 6.54 Å². The van der Waals surface area contributed by atoms with Crippen molar-refractivity contribution < 1.29 is 14.7 Å². The Balaban J connectivity index is 2.98. The van der Waals surface area contributed by atoms with Crippen LogP contribution in [0.4, 0.5) is 10.5 Å². The Kier molecular flexibility index (Phi) is 3.23. The second-order valence-electron chi connectivity index (χ2n) is 2.90. The summed E-state index contributed by atoms with van der Waals surface area (Å²) in [4.78, 5) is 22.0. The Hall–Kier alpha value is -1.84. The summed E-state index contributed by atoms with van der Waals surface area (Å²) < 4.78 is 0. The van der Waals surface area contributed by atoms with Crippen LogP contribution in [0.25, 0.3) is 0 Å². The minimum Gasteiger partial charge on any atom is -0.465 e. The molecule has 1 aromatic rings. The first-order chi connectivity index (χ1) is 6.65. The van der Waals surface area contributed by atoms with Crippen LogP contribution < -0.4 is 4.90 Å². The molecule has 0 fully saturated rings. The van der Waals surface area contributed by atoms with Gasteiger partial charge in [-0.2, -0.15) is 0 Å². The minimum absolute atomic E-state index is 0.140. The molecular weight excluding hydrogens is 182 g/mol. The van der Waals surface area contributed by atoms with Gasteiger partial charge in [-0.15, -0.1) is 0 Å². The molecule has 0 aliphatic carbocycles. The maximum Gasteiger partial charge on any atom is 0.412 e. The Morgan fingerprint density at radius 2 is 2.29 bits per heavy atom. The summed E-state index contributed by atoms with van der Waals surface area (Å²) in [5.41, 5.74) is 1.48. The molecule has 0 saturated heterocycles. The van der Waals surface area contributed by atoms with Crippen molar-refractivity contribution >= 4 is 18.1 Å². The summed E-state index contributed by atoms with van der Waals surface area (Å²) in [6.45, 7) is 1.73. The van der Waals surface area contributed by atoms with E-state index < -0.39 is 6.09 Å². The van der Waals surface area contributed by atoms with Crippen molar-refractivity contribution in [1.82, 2.24) is 0 Å². The third-order valence-electron chi connectivity index (χ3n) is 1.80. The largest absolute Gasteiger partial charge is 0.465 e. The molecule has 14 heavy (non-hydrogen) atoms. The highest BCUT2D eigenvalue weighted by molar-refractivity contribution is 5.89. The van der Waals surface area contributed by atoms with Crippen LogP contribution in [0.2, 0.25) is 0 Å². The molecule has 0 aliphatic heterocycles. The third-order valence-corrected chi connectivity index (χ3v) is 1.80. The highest BCUT2D eigenvalue weighted by Gasteiger charge is 2.12. The fourth-order valence-electron chi connectivity index (χ4n) is 1.16. The second-order valence-corrected chi connectivity index (χ2v) is 2.90. The molecule has 0 bridgehead atoms. The fraction of sp³-hybridized carbons (Fsp3) is 0.200. The van der Waals surface area contributed by atoms with Crippen molar-refractivity contribution in [2.24, 2.45) is 0 Å². The summed E-state index contributed by atoms with van der Waals surface area (Å²) in [7, 11) is 0. The molecule has 0 heterocycles. The summed E-state index contributed by atoms with van der Waals surface area (Å²) >= 11 is 0. The molecule has 0 aromatic heterocycles. The van der Waals surface area contributed by atoms with E-state index in [0.29, 0.717) is 12.0 Å². The number of anilines is 1. The van der Waals surface area contributed by atoms with E-state index in [1.54, 1.807) is 18.2 Å². The van der Waals surface area contributed by atoms with Gasteiger partial charge in [0.1, 0.15) is 6.29 Å². The van der Waals surface area contributed by atoms with Crippen LogP contribution in [0.3, 0.4) is 0 Å². The van der Waals surface area contributed by atoms with Gasteiger partial charge in [-0.25, -0.2) is 4.79 Å². The number of aldehydes is 1. The number of carboxylic acid groups (broad SMARTS) is 1. The predicted octanol–water partition coefficient (Wildman–Crippen LogP) is 1.68. The SMILES string of the molecule is Cc1cccc(N(CC=O)C(=O)O)c1. The number of amides is 1. The quantitative estimate of drug-likeness (QED) is 0.743. The van der Waals surface area contributed by atoms with Gasteiger partial charge in [0, 0.05) is 5.69 Å². The van der Waals surface area contributed by atoms with Crippen molar-refractivity contribution in [3.05, 3.63) is 29.8 Å². The van der Waals surface area contributed by atoms with Gasteiger partial charge in [0.2, 0.25) is 0 Å². The van der Waals surface area contributed by atoms with Gasteiger partial charge in [-0.05, 0) is 24.6 Å². The first-order valence-electron chi connectivity index (χ1n) is 4.16. The van der Waals surface area contributed by atoms with E-state index in [4.69, 9.17) is 5.11 Å². The summed E-state index contributed by atoms with van der Waals surface area (Å²) in [5.74, 6) is 0. The van der Waals surface area contributed by atoms with Gasteiger partial charge in [0.05, 0.1) is 6.54 Å². The van der Waals surface area contributed by atoms with Crippen LogP contribution in [-0.4, -0.2) is 24.0 Å². The van der Waals surface area contributed by atoms with Crippen LogP contribution >= 0.6 is 0 Å². The van der Waals surface area contributed by atoms with Crippen molar-refractivity contribution in [1.29, 1.82) is 0 Å². The van der Waals surface area contributed by atoms with E-state index in [1.807, 2.05) is 13.0 Å². The zero-order valence-electron chi connectivity index (χ0n) is 7.80. The lowest BCUT2D eigenvalue weighted by Gasteiger charge is -2.16. The molecule has 1 rings (SSSR count). The number of benzene rings is 1. The topological polar surface area (TPSA) is 57.6 Å². The van der Waals surface area contributed by atoms with Crippen LogP contribution in [-0.2, 0) is 4.79 Å². The van der Waals surface area contributed by atoms with Gasteiger partial charge in [-0.3, -0.25) is 4.90 Å². The minimum atomic E-state index is -1.12. The number of rotatable bonds is 3. The average Bonchev–Trinajstić information content (AvgIpc) is 2.13. The molecule has 0 radical (unpaired) electrons. The summed E-state index contributed by atoms with van der Waals surface area (Å²) in [6.07, 6.45) is -0.557. The summed E-state index contributed by atoms with van der Waals surface area (Å²) in [6, 6.07) is 7.00. The van der Waals surface area contributed by atoms with E-state index in [2.05, 4.69) is 0 Å². The van der Waals surface area contributed by atoms with Gasteiger partial charge < -0.3 is 9.90 Å². The van der Waals surface area contributed by atoms with Crippen LogP contribution in [0.15, 0.2) is 24.3 Å². The normalized spacial score (nSPS) is 9.50. The first-order valence-corrected chi connectivity index (χ1v) is 4.16. The van der Waals surface area contributed by atoms with Crippen molar-refractivity contribution in [3.8, 4) is 0 Å². The van der Waals surface area contributed by atoms with Gasteiger partial charge >= 0.3 is 6.09 Å². The highest BCUT2D eigenvalue weighted by atomic mass is 16.4. The maximum atomic E-state index is 10.8. The second kappa shape index (κ2) is 4.41. The third kappa shape index (κ3) is 2.32. The molecule has 4 heteroatoms. The van der Waals surface area contributed by atoms with Gasteiger partial charge in [0.25, 0.3) is 0 Å². The monoisotopic (exact) mass is 193 g/mol.